The molecule has 1 atom stereocenters. The molecule has 3 rings (SSSR count). The summed E-state index contributed by atoms with van der Waals surface area (Å²) in [6.45, 7) is 1.51. The van der Waals surface area contributed by atoms with E-state index in [2.05, 4.69) is 0 Å². The number of benzene rings is 2. The van der Waals surface area contributed by atoms with Crippen LogP contribution < -0.4 is 9.47 Å². The normalized spacial score (nSPS) is 16.1. The van der Waals surface area contributed by atoms with Crippen molar-refractivity contribution in [1.29, 1.82) is 0 Å². The van der Waals surface area contributed by atoms with Crippen molar-refractivity contribution in [3.63, 3.8) is 0 Å². The van der Waals surface area contributed by atoms with Gasteiger partial charge in [0.25, 0.3) is 11.1 Å². The minimum Gasteiger partial charge on any atom is -0.493 e. The second-order valence-electron chi connectivity index (χ2n) is 6.37. The standard InChI is InChI=1S/C21H18ClNO6S/c1-12(20(25)26)29-18-14(4-3-5-16(18)28-2)10-17-19(24)23(21(27)30-17)11-13-6-8-15(22)9-7-13/h3-10,12H,11H2,1-2H3,(H,25,26)/b17-10-/t12-/m1/s1. The van der Waals surface area contributed by atoms with Crippen molar-refractivity contribution in [1.82, 2.24) is 4.90 Å². The number of imide groups is 1. The summed E-state index contributed by atoms with van der Waals surface area (Å²) in [7, 11) is 1.43. The van der Waals surface area contributed by atoms with Crippen LogP contribution >= 0.6 is 23.4 Å². The molecule has 0 spiro atoms. The lowest BCUT2D eigenvalue weighted by Gasteiger charge is -2.16. The van der Waals surface area contributed by atoms with Crippen LogP contribution in [0, 0.1) is 0 Å². The third-order valence-electron chi connectivity index (χ3n) is 4.29. The molecule has 2 aromatic rings. The molecule has 30 heavy (non-hydrogen) atoms. The van der Waals surface area contributed by atoms with E-state index in [1.165, 1.54) is 20.1 Å². The van der Waals surface area contributed by atoms with E-state index >= 15 is 0 Å². The molecule has 1 saturated heterocycles. The quantitative estimate of drug-likeness (QED) is 0.627. The monoisotopic (exact) mass is 447 g/mol. The molecule has 2 aromatic carbocycles. The van der Waals surface area contributed by atoms with E-state index < -0.39 is 23.2 Å². The second kappa shape index (κ2) is 9.23. The number of halogens is 1. The van der Waals surface area contributed by atoms with Crippen molar-refractivity contribution in [3.05, 3.63) is 63.5 Å². The first-order valence-electron chi connectivity index (χ1n) is 8.86. The molecule has 9 heteroatoms. The maximum absolute atomic E-state index is 12.8. The molecule has 1 heterocycles. The summed E-state index contributed by atoms with van der Waals surface area (Å²) in [5.41, 5.74) is 1.20. The number of hydrogen-bond donors (Lipinski definition) is 1. The van der Waals surface area contributed by atoms with Crippen LogP contribution in [0.2, 0.25) is 5.02 Å². The van der Waals surface area contributed by atoms with Crippen LogP contribution in [0.5, 0.6) is 11.5 Å². The van der Waals surface area contributed by atoms with E-state index in [4.69, 9.17) is 26.2 Å². The molecular formula is C21H18ClNO6S. The van der Waals surface area contributed by atoms with Gasteiger partial charge in [-0.15, -0.1) is 0 Å². The summed E-state index contributed by atoms with van der Waals surface area (Å²) in [6, 6.07) is 11.8. The van der Waals surface area contributed by atoms with Gasteiger partial charge in [-0.3, -0.25) is 14.5 Å². The molecule has 0 radical (unpaired) electrons. The SMILES string of the molecule is COc1cccc(/C=C2\SC(=O)N(Cc3ccc(Cl)cc3)C2=O)c1O[C@H](C)C(=O)O. The molecule has 7 nitrogen and oxygen atoms in total. The zero-order chi connectivity index (χ0) is 21.8. The van der Waals surface area contributed by atoms with E-state index in [9.17, 15) is 14.4 Å². The molecule has 1 N–H and O–H groups in total. The van der Waals surface area contributed by atoms with Gasteiger partial charge < -0.3 is 14.6 Å². The number of para-hydroxylation sites is 1. The lowest BCUT2D eigenvalue weighted by molar-refractivity contribution is -0.144. The van der Waals surface area contributed by atoms with Crippen LogP contribution in [0.3, 0.4) is 0 Å². The highest BCUT2D eigenvalue weighted by Crippen LogP contribution is 2.38. The van der Waals surface area contributed by atoms with Crippen molar-refractivity contribution >= 4 is 46.6 Å². The first-order chi connectivity index (χ1) is 14.3. The van der Waals surface area contributed by atoms with Gasteiger partial charge in [0.15, 0.2) is 17.6 Å². The fourth-order valence-corrected chi connectivity index (χ4v) is 3.67. The number of carboxylic acid groups (broad SMARTS) is 1. The summed E-state index contributed by atoms with van der Waals surface area (Å²) in [5, 5.41) is 9.32. The predicted molar refractivity (Wildman–Crippen MR) is 114 cm³/mol. The van der Waals surface area contributed by atoms with Crippen molar-refractivity contribution < 1.29 is 29.0 Å². The van der Waals surface area contributed by atoms with Gasteiger partial charge in [0.1, 0.15) is 0 Å². The van der Waals surface area contributed by atoms with Gasteiger partial charge in [0.05, 0.1) is 18.6 Å². The predicted octanol–water partition coefficient (Wildman–Crippen LogP) is 4.44. The zero-order valence-corrected chi connectivity index (χ0v) is 17.7. The second-order valence-corrected chi connectivity index (χ2v) is 7.80. The molecule has 0 aromatic heterocycles. The smallest absolute Gasteiger partial charge is 0.344 e. The fourth-order valence-electron chi connectivity index (χ4n) is 2.71. The number of carboxylic acids is 1. The van der Waals surface area contributed by atoms with Crippen LogP contribution in [0.25, 0.3) is 6.08 Å². The summed E-state index contributed by atoms with van der Waals surface area (Å²) in [4.78, 5) is 37.7. The van der Waals surface area contributed by atoms with Gasteiger partial charge in [0.2, 0.25) is 0 Å². The Labute approximate surface area is 182 Å². The number of nitrogens with zero attached hydrogens (tertiary/aromatic N) is 1. The Morgan fingerprint density at radius 1 is 1.23 bits per heavy atom. The minimum absolute atomic E-state index is 0.122. The van der Waals surface area contributed by atoms with Crippen LogP contribution in [-0.2, 0) is 16.1 Å². The number of ether oxygens (including phenoxy) is 2. The molecule has 1 aliphatic rings. The fraction of sp³-hybridized carbons (Fsp3) is 0.190. The van der Waals surface area contributed by atoms with E-state index in [0.717, 1.165) is 22.2 Å². The average molecular weight is 448 g/mol. The van der Waals surface area contributed by atoms with Crippen molar-refractivity contribution in [2.75, 3.05) is 7.11 Å². The average Bonchev–Trinajstić information content (AvgIpc) is 2.98. The van der Waals surface area contributed by atoms with Gasteiger partial charge >= 0.3 is 5.97 Å². The number of amides is 2. The van der Waals surface area contributed by atoms with Gasteiger partial charge in [-0.05, 0) is 48.5 Å². The maximum Gasteiger partial charge on any atom is 0.344 e. The topological polar surface area (TPSA) is 93.1 Å². The first-order valence-corrected chi connectivity index (χ1v) is 10.1. The van der Waals surface area contributed by atoms with E-state index in [1.54, 1.807) is 42.5 Å². The Morgan fingerprint density at radius 3 is 2.57 bits per heavy atom. The number of hydrogen-bond acceptors (Lipinski definition) is 6. The highest BCUT2D eigenvalue weighted by atomic mass is 35.5. The van der Waals surface area contributed by atoms with Crippen LogP contribution in [0.4, 0.5) is 4.79 Å². The molecule has 0 bridgehead atoms. The largest absolute Gasteiger partial charge is 0.493 e. The molecule has 1 aliphatic heterocycles. The van der Waals surface area contributed by atoms with Gasteiger partial charge in [-0.25, -0.2) is 4.79 Å². The van der Waals surface area contributed by atoms with Gasteiger partial charge in [0, 0.05) is 10.6 Å². The first kappa shape index (κ1) is 21.7. The Kier molecular flexibility index (Phi) is 6.69. The summed E-state index contributed by atoms with van der Waals surface area (Å²) >= 11 is 6.68. The van der Waals surface area contributed by atoms with E-state index in [1.807, 2.05) is 0 Å². The van der Waals surface area contributed by atoms with Gasteiger partial charge in [-0.2, -0.15) is 0 Å². The molecule has 2 amide bonds. The third-order valence-corrected chi connectivity index (χ3v) is 5.45. The van der Waals surface area contributed by atoms with Crippen molar-refractivity contribution in [2.24, 2.45) is 0 Å². The summed E-state index contributed by atoms with van der Waals surface area (Å²) < 4.78 is 10.8. The Balaban J connectivity index is 1.89. The third kappa shape index (κ3) is 4.77. The molecule has 0 unspecified atom stereocenters. The van der Waals surface area contributed by atoms with Crippen LogP contribution in [-0.4, -0.2) is 40.3 Å². The zero-order valence-electron chi connectivity index (χ0n) is 16.1. The number of carbonyl (C=O) groups is 3. The number of aliphatic carboxylic acids is 1. The molecular weight excluding hydrogens is 430 g/mol. The molecule has 0 aliphatic carbocycles. The lowest BCUT2D eigenvalue weighted by atomic mass is 10.1. The highest BCUT2D eigenvalue weighted by molar-refractivity contribution is 8.18. The highest BCUT2D eigenvalue weighted by Gasteiger charge is 2.35. The Morgan fingerprint density at radius 2 is 1.93 bits per heavy atom. The van der Waals surface area contributed by atoms with Crippen molar-refractivity contribution in [2.45, 2.75) is 19.6 Å². The van der Waals surface area contributed by atoms with Gasteiger partial charge in [-0.1, -0.05) is 35.9 Å². The van der Waals surface area contributed by atoms with Crippen molar-refractivity contribution in [3.8, 4) is 11.5 Å². The summed E-state index contributed by atoms with van der Waals surface area (Å²) in [5.74, 6) is -1.09. The summed E-state index contributed by atoms with van der Waals surface area (Å²) in [6.07, 6.45) is 0.368. The van der Waals surface area contributed by atoms with Crippen LogP contribution in [0.1, 0.15) is 18.1 Å². The number of methoxy groups -OCH3 is 1. The minimum atomic E-state index is -1.14. The number of rotatable bonds is 7. The molecule has 0 saturated carbocycles. The Hall–Kier alpha value is -2.97. The molecule has 156 valence electrons. The Bertz CT molecular complexity index is 1020. The maximum atomic E-state index is 12.8. The van der Waals surface area contributed by atoms with Crippen LogP contribution in [0.15, 0.2) is 47.4 Å². The molecule has 1 fully saturated rings. The van der Waals surface area contributed by atoms with E-state index in [-0.39, 0.29) is 17.2 Å². The number of carbonyl (C=O) groups excluding carboxylic acids is 2. The van der Waals surface area contributed by atoms with E-state index in [0.29, 0.717) is 16.3 Å². The lowest BCUT2D eigenvalue weighted by Crippen LogP contribution is -2.27. The number of thioether (sulfide) groups is 1.